The standard InChI is InChI=1S/C29H27F4N9O/c1-14-10-21(29(31,32)33)40-42(14)19-7-6-17(20(30)11-19)12-41(18-8-9-18)27-24-26(37-15(2)36-24)38-25(39-27)22-23(16-4-5-16)34-13-35-28(22)43-3/h6-7,10-11,13,16,18H,4-5,8-9,12H2,1-3H3,(H,36,37,38,39). The summed E-state index contributed by atoms with van der Waals surface area (Å²) in [5, 5.41) is 3.65. The normalized spacial score (nSPS) is 15.3. The molecule has 4 heterocycles. The van der Waals surface area contributed by atoms with Crippen LogP contribution in [-0.2, 0) is 12.7 Å². The van der Waals surface area contributed by atoms with Gasteiger partial charge in [-0.3, -0.25) is 0 Å². The predicted octanol–water partition coefficient (Wildman–Crippen LogP) is 5.83. The number of aromatic nitrogens is 8. The SMILES string of the molecule is COc1ncnc(C2CC2)c1-c1nc(N(Cc2ccc(-n3nc(C(F)(F)F)cc3C)cc2F)C2CC2)c2[nH]c(C)nc2n1. The lowest BCUT2D eigenvalue weighted by Crippen LogP contribution is -2.27. The van der Waals surface area contributed by atoms with Crippen LogP contribution in [0.2, 0.25) is 0 Å². The van der Waals surface area contributed by atoms with Gasteiger partial charge < -0.3 is 14.6 Å². The van der Waals surface area contributed by atoms with Crippen molar-refractivity contribution in [3.63, 3.8) is 0 Å². The van der Waals surface area contributed by atoms with Gasteiger partial charge in [-0.1, -0.05) is 6.07 Å². The highest BCUT2D eigenvalue weighted by Crippen LogP contribution is 2.46. The molecule has 0 spiro atoms. The molecule has 5 aromatic rings. The van der Waals surface area contributed by atoms with Gasteiger partial charge in [0, 0.05) is 29.8 Å². The summed E-state index contributed by atoms with van der Waals surface area (Å²) >= 11 is 0. The molecule has 4 aromatic heterocycles. The molecule has 2 fully saturated rings. The second kappa shape index (κ2) is 9.99. The number of fused-ring (bicyclic) bond motifs is 1. The summed E-state index contributed by atoms with van der Waals surface area (Å²) in [6.45, 7) is 3.49. The first-order valence-electron chi connectivity index (χ1n) is 13.9. The molecule has 14 heteroatoms. The summed E-state index contributed by atoms with van der Waals surface area (Å²) in [6, 6.07) is 5.39. The number of aromatic amines is 1. The van der Waals surface area contributed by atoms with Gasteiger partial charge in [0.15, 0.2) is 23.0 Å². The topological polar surface area (TPSA) is 111 Å². The number of hydrogen-bond donors (Lipinski definition) is 1. The minimum atomic E-state index is -4.60. The van der Waals surface area contributed by atoms with Crippen LogP contribution in [0.4, 0.5) is 23.4 Å². The molecule has 10 nitrogen and oxygen atoms in total. The van der Waals surface area contributed by atoms with E-state index >= 15 is 4.39 Å². The van der Waals surface area contributed by atoms with Crippen LogP contribution in [0.15, 0.2) is 30.6 Å². The zero-order chi connectivity index (χ0) is 30.0. The molecule has 1 N–H and O–H groups in total. The van der Waals surface area contributed by atoms with E-state index in [1.165, 1.54) is 26.4 Å². The lowest BCUT2D eigenvalue weighted by atomic mass is 10.1. The fraction of sp³-hybridized carbons (Fsp3) is 0.379. The minimum absolute atomic E-state index is 0.105. The van der Waals surface area contributed by atoms with E-state index in [1.807, 2.05) is 11.8 Å². The number of methoxy groups -OCH3 is 1. The number of imidazole rings is 1. The van der Waals surface area contributed by atoms with Crippen LogP contribution in [0.5, 0.6) is 5.88 Å². The molecular weight excluding hydrogens is 566 g/mol. The maximum Gasteiger partial charge on any atom is 0.435 e. The predicted molar refractivity (Wildman–Crippen MR) is 148 cm³/mol. The third kappa shape index (κ3) is 5.04. The Morgan fingerprint density at radius 1 is 1.05 bits per heavy atom. The van der Waals surface area contributed by atoms with Gasteiger partial charge in [0.25, 0.3) is 0 Å². The van der Waals surface area contributed by atoms with Crippen molar-refractivity contribution in [3.8, 4) is 23.0 Å². The summed E-state index contributed by atoms with van der Waals surface area (Å²) < 4.78 is 61.9. The summed E-state index contributed by atoms with van der Waals surface area (Å²) in [5.41, 5.74) is 2.31. The number of rotatable bonds is 8. The monoisotopic (exact) mass is 593 g/mol. The molecule has 0 bridgehead atoms. The highest BCUT2D eigenvalue weighted by atomic mass is 19.4. The van der Waals surface area contributed by atoms with Crippen molar-refractivity contribution >= 4 is 17.0 Å². The molecule has 0 atom stereocenters. The van der Waals surface area contributed by atoms with Gasteiger partial charge in [-0.2, -0.15) is 18.3 Å². The van der Waals surface area contributed by atoms with Crippen LogP contribution in [0.25, 0.3) is 28.2 Å². The van der Waals surface area contributed by atoms with Crippen LogP contribution in [0, 0.1) is 19.7 Å². The number of nitrogens with one attached hydrogen (secondary N) is 1. The molecule has 222 valence electrons. The number of anilines is 1. The second-order valence-corrected chi connectivity index (χ2v) is 11.0. The Balaban J connectivity index is 1.29. The number of hydrogen-bond acceptors (Lipinski definition) is 8. The number of alkyl halides is 3. The Kier molecular flexibility index (Phi) is 6.32. The zero-order valence-corrected chi connectivity index (χ0v) is 23.6. The fourth-order valence-electron chi connectivity index (χ4n) is 5.35. The lowest BCUT2D eigenvalue weighted by Gasteiger charge is -2.25. The number of aryl methyl sites for hydroxylation is 2. The van der Waals surface area contributed by atoms with Crippen LogP contribution < -0.4 is 9.64 Å². The fourth-order valence-corrected chi connectivity index (χ4v) is 5.35. The number of H-pyrrole nitrogens is 1. The third-order valence-corrected chi connectivity index (χ3v) is 7.73. The summed E-state index contributed by atoms with van der Waals surface area (Å²) in [6.07, 6.45) is 0.676. The molecule has 2 saturated carbocycles. The first kappa shape index (κ1) is 27.2. The van der Waals surface area contributed by atoms with E-state index in [0.717, 1.165) is 42.1 Å². The van der Waals surface area contributed by atoms with Gasteiger partial charge >= 0.3 is 6.18 Å². The molecule has 7 rings (SSSR count). The molecule has 1 aromatic carbocycles. The first-order chi connectivity index (χ1) is 20.6. The smallest absolute Gasteiger partial charge is 0.435 e. The van der Waals surface area contributed by atoms with Gasteiger partial charge in [0.2, 0.25) is 5.88 Å². The minimum Gasteiger partial charge on any atom is -0.480 e. The van der Waals surface area contributed by atoms with E-state index in [4.69, 9.17) is 14.7 Å². The Morgan fingerprint density at radius 3 is 2.49 bits per heavy atom. The maximum atomic E-state index is 15.6. The number of benzene rings is 1. The first-order valence-corrected chi connectivity index (χ1v) is 13.9. The number of halogens is 4. The highest BCUT2D eigenvalue weighted by Gasteiger charge is 2.36. The van der Waals surface area contributed by atoms with Gasteiger partial charge in [-0.15, -0.1) is 0 Å². The summed E-state index contributed by atoms with van der Waals surface area (Å²) in [5.74, 6) is 1.68. The average Bonchev–Trinajstić information content (AvgIpc) is 3.90. The van der Waals surface area contributed by atoms with Gasteiger partial charge in [0.05, 0.1) is 18.5 Å². The Bertz CT molecular complexity index is 1860. The van der Waals surface area contributed by atoms with Crippen molar-refractivity contribution in [1.29, 1.82) is 0 Å². The van der Waals surface area contributed by atoms with E-state index in [9.17, 15) is 13.2 Å². The van der Waals surface area contributed by atoms with Gasteiger partial charge in [-0.05, 0) is 57.7 Å². The molecule has 0 aliphatic heterocycles. The number of nitrogens with zero attached hydrogens (tertiary/aromatic N) is 8. The quantitative estimate of drug-likeness (QED) is 0.224. The Labute approximate surface area is 243 Å². The van der Waals surface area contributed by atoms with Gasteiger partial charge in [-0.25, -0.2) is 34.0 Å². The molecule has 0 amide bonds. The van der Waals surface area contributed by atoms with Crippen molar-refractivity contribution in [2.24, 2.45) is 0 Å². The van der Waals surface area contributed by atoms with Crippen molar-refractivity contribution in [2.75, 3.05) is 12.0 Å². The van der Waals surface area contributed by atoms with Crippen LogP contribution >= 0.6 is 0 Å². The molecule has 0 unspecified atom stereocenters. The Morgan fingerprint density at radius 2 is 1.84 bits per heavy atom. The largest absolute Gasteiger partial charge is 0.480 e. The van der Waals surface area contributed by atoms with Crippen molar-refractivity contribution in [2.45, 2.75) is 64.2 Å². The molecule has 2 aliphatic rings. The second-order valence-electron chi connectivity index (χ2n) is 11.0. The summed E-state index contributed by atoms with van der Waals surface area (Å²) in [7, 11) is 1.54. The van der Waals surface area contributed by atoms with Crippen molar-refractivity contribution < 1.29 is 22.3 Å². The molecule has 43 heavy (non-hydrogen) atoms. The third-order valence-electron chi connectivity index (χ3n) is 7.73. The van der Waals surface area contributed by atoms with Crippen molar-refractivity contribution in [3.05, 3.63) is 64.9 Å². The van der Waals surface area contributed by atoms with Gasteiger partial charge in [0.1, 0.15) is 29.0 Å². The van der Waals surface area contributed by atoms with E-state index in [0.29, 0.717) is 45.6 Å². The van der Waals surface area contributed by atoms with E-state index in [-0.39, 0.29) is 29.9 Å². The molecular formula is C29H27F4N9O. The lowest BCUT2D eigenvalue weighted by molar-refractivity contribution is -0.141. The zero-order valence-electron chi connectivity index (χ0n) is 23.6. The number of ether oxygens (including phenoxy) is 1. The Hall–Kier alpha value is -4.62. The van der Waals surface area contributed by atoms with Crippen LogP contribution in [0.1, 0.15) is 60.1 Å². The highest BCUT2D eigenvalue weighted by molar-refractivity contribution is 5.86. The van der Waals surface area contributed by atoms with E-state index in [2.05, 4.69) is 25.0 Å². The van der Waals surface area contributed by atoms with E-state index in [1.54, 1.807) is 12.1 Å². The van der Waals surface area contributed by atoms with Crippen LogP contribution in [-0.4, -0.2) is 52.8 Å². The molecule has 2 aliphatic carbocycles. The molecule has 0 saturated heterocycles. The average molecular weight is 594 g/mol. The molecule has 0 radical (unpaired) electrons. The van der Waals surface area contributed by atoms with E-state index < -0.39 is 17.7 Å². The van der Waals surface area contributed by atoms with Crippen molar-refractivity contribution in [1.82, 2.24) is 39.7 Å². The summed E-state index contributed by atoms with van der Waals surface area (Å²) in [4.78, 5) is 28.5. The van der Waals surface area contributed by atoms with Crippen LogP contribution in [0.3, 0.4) is 0 Å². The maximum absolute atomic E-state index is 15.6.